The highest BCUT2D eigenvalue weighted by molar-refractivity contribution is 5.33. The second kappa shape index (κ2) is 9.78. The first-order valence-corrected chi connectivity index (χ1v) is 7.78. The molecule has 0 saturated carbocycles. The van der Waals surface area contributed by atoms with Gasteiger partial charge in [-0.25, -0.2) is 0 Å². The summed E-state index contributed by atoms with van der Waals surface area (Å²) in [5, 5.41) is 10.2. The Labute approximate surface area is 142 Å². The molecule has 0 aliphatic heterocycles. The zero-order valence-electron chi connectivity index (χ0n) is 13.9. The SMILES string of the molecule is C#CCOCC(O)CN(Cc1ccco1)Cc1ccccc1OC. The van der Waals surface area contributed by atoms with E-state index in [4.69, 9.17) is 20.3 Å². The fourth-order valence-corrected chi connectivity index (χ4v) is 2.49. The number of rotatable bonds is 10. The summed E-state index contributed by atoms with van der Waals surface area (Å²) >= 11 is 0. The van der Waals surface area contributed by atoms with E-state index in [1.165, 1.54) is 0 Å². The summed E-state index contributed by atoms with van der Waals surface area (Å²) < 4.78 is 16.0. The average molecular weight is 329 g/mol. The maximum atomic E-state index is 10.2. The molecule has 0 spiro atoms. The number of terminal acetylenes is 1. The first kappa shape index (κ1) is 18.1. The van der Waals surface area contributed by atoms with Crippen molar-refractivity contribution in [1.82, 2.24) is 4.90 Å². The Kier molecular flexibility index (Phi) is 7.37. The second-order valence-electron chi connectivity index (χ2n) is 5.43. The van der Waals surface area contributed by atoms with Crippen LogP contribution >= 0.6 is 0 Å². The zero-order valence-corrected chi connectivity index (χ0v) is 13.9. The van der Waals surface area contributed by atoms with Crippen molar-refractivity contribution < 1.29 is 19.0 Å². The van der Waals surface area contributed by atoms with Crippen LogP contribution in [0.5, 0.6) is 5.75 Å². The van der Waals surface area contributed by atoms with Crippen molar-refractivity contribution in [2.75, 3.05) is 26.9 Å². The molecule has 1 atom stereocenters. The standard InChI is InChI=1S/C19H23NO4/c1-3-10-23-15-17(21)13-20(14-18-8-6-11-24-18)12-16-7-4-5-9-19(16)22-2/h1,4-9,11,17,21H,10,12-15H2,2H3. The molecule has 2 aromatic rings. The first-order valence-electron chi connectivity index (χ1n) is 7.78. The van der Waals surface area contributed by atoms with Gasteiger partial charge < -0.3 is 19.0 Å². The fourth-order valence-electron chi connectivity index (χ4n) is 2.49. The van der Waals surface area contributed by atoms with Gasteiger partial charge in [0, 0.05) is 18.7 Å². The number of ether oxygens (including phenoxy) is 2. The molecule has 1 aromatic heterocycles. The van der Waals surface area contributed by atoms with Gasteiger partial charge >= 0.3 is 0 Å². The summed E-state index contributed by atoms with van der Waals surface area (Å²) in [6, 6.07) is 11.6. The number of aliphatic hydroxyl groups excluding tert-OH is 1. The largest absolute Gasteiger partial charge is 0.496 e. The molecule has 5 heteroatoms. The first-order chi connectivity index (χ1) is 11.7. The van der Waals surface area contributed by atoms with Crippen LogP contribution in [0.4, 0.5) is 0 Å². The van der Waals surface area contributed by atoms with Crippen LogP contribution in [0.15, 0.2) is 47.1 Å². The summed E-state index contributed by atoms with van der Waals surface area (Å²) in [7, 11) is 1.65. The van der Waals surface area contributed by atoms with E-state index < -0.39 is 6.10 Å². The Morgan fingerprint density at radius 1 is 1.25 bits per heavy atom. The highest BCUT2D eigenvalue weighted by Crippen LogP contribution is 2.20. The Balaban J connectivity index is 2.03. The van der Waals surface area contributed by atoms with E-state index in [0.29, 0.717) is 19.6 Å². The molecule has 0 aliphatic carbocycles. The van der Waals surface area contributed by atoms with E-state index in [1.807, 2.05) is 36.4 Å². The molecule has 128 valence electrons. The third-order valence-electron chi connectivity index (χ3n) is 3.51. The smallest absolute Gasteiger partial charge is 0.123 e. The summed E-state index contributed by atoms with van der Waals surface area (Å²) in [6.45, 7) is 2.03. The predicted molar refractivity (Wildman–Crippen MR) is 91.5 cm³/mol. The van der Waals surface area contributed by atoms with E-state index in [9.17, 15) is 5.11 Å². The highest BCUT2D eigenvalue weighted by Gasteiger charge is 2.16. The van der Waals surface area contributed by atoms with E-state index in [1.54, 1.807) is 13.4 Å². The molecule has 5 nitrogen and oxygen atoms in total. The maximum Gasteiger partial charge on any atom is 0.123 e. The van der Waals surface area contributed by atoms with Crippen LogP contribution in [0, 0.1) is 12.3 Å². The molecule has 0 amide bonds. The number of para-hydroxylation sites is 1. The van der Waals surface area contributed by atoms with Crippen LogP contribution in [-0.4, -0.2) is 43.0 Å². The third-order valence-corrected chi connectivity index (χ3v) is 3.51. The Morgan fingerprint density at radius 2 is 2.08 bits per heavy atom. The van der Waals surface area contributed by atoms with Crippen LogP contribution < -0.4 is 4.74 Å². The van der Waals surface area contributed by atoms with Gasteiger partial charge in [0.05, 0.1) is 32.6 Å². The van der Waals surface area contributed by atoms with Crippen LogP contribution in [0.2, 0.25) is 0 Å². The van der Waals surface area contributed by atoms with Crippen molar-refractivity contribution in [2.45, 2.75) is 19.2 Å². The van der Waals surface area contributed by atoms with Gasteiger partial charge in [0.2, 0.25) is 0 Å². The van der Waals surface area contributed by atoms with Gasteiger partial charge in [-0.1, -0.05) is 24.1 Å². The summed E-state index contributed by atoms with van der Waals surface area (Å²) in [4.78, 5) is 2.08. The number of furan rings is 1. The number of hydrogen-bond acceptors (Lipinski definition) is 5. The highest BCUT2D eigenvalue weighted by atomic mass is 16.5. The summed E-state index contributed by atoms with van der Waals surface area (Å²) in [6.07, 6.45) is 6.15. The Morgan fingerprint density at radius 3 is 2.79 bits per heavy atom. The molecule has 0 fully saturated rings. The predicted octanol–water partition coefficient (Wildman–Crippen LogP) is 2.30. The van der Waals surface area contributed by atoms with Gasteiger partial charge in [0.15, 0.2) is 0 Å². The molecule has 1 N–H and O–H groups in total. The minimum atomic E-state index is -0.636. The van der Waals surface area contributed by atoms with Crippen molar-refractivity contribution in [3.8, 4) is 18.1 Å². The van der Waals surface area contributed by atoms with Crippen LogP contribution in [0.3, 0.4) is 0 Å². The molecule has 2 rings (SSSR count). The third kappa shape index (κ3) is 5.74. The second-order valence-corrected chi connectivity index (χ2v) is 5.43. The van der Waals surface area contributed by atoms with Crippen LogP contribution in [0.1, 0.15) is 11.3 Å². The normalized spacial score (nSPS) is 12.1. The number of nitrogens with zero attached hydrogens (tertiary/aromatic N) is 1. The summed E-state index contributed by atoms with van der Waals surface area (Å²) in [5.74, 6) is 4.04. The molecular weight excluding hydrogens is 306 g/mol. The van der Waals surface area contributed by atoms with E-state index in [2.05, 4.69) is 10.8 Å². The van der Waals surface area contributed by atoms with Crippen LogP contribution in [-0.2, 0) is 17.8 Å². The lowest BCUT2D eigenvalue weighted by molar-refractivity contribution is 0.0228. The van der Waals surface area contributed by atoms with Crippen molar-refractivity contribution >= 4 is 0 Å². The van der Waals surface area contributed by atoms with Gasteiger partial charge in [-0.2, -0.15) is 0 Å². The molecule has 1 aromatic carbocycles. The number of methoxy groups -OCH3 is 1. The number of benzene rings is 1. The van der Waals surface area contributed by atoms with Crippen LogP contribution in [0.25, 0.3) is 0 Å². The molecule has 24 heavy (non-hydrogen) atoms. The molecule has 0 radical (unpaired) electrons. The average Bonchev–Trinajstić information content (AvgIpc) is 3.08. The molecule has 0 aliphatic rings. The molecule has 0 bridgehead atoms. The number of aliphatic hydroxyl groups is 1. The molecule has 1 heterocycles. The van der Waals surface area contributed by atoms with Gasteiger partial charge in [0.25, 0.3) is 0 Å². The number of hydrogen-bond donors (Lipinski definition) is 1. The van der Waals surface area contributed by atoms with Gasteiger partial charge in [-0.05, 0) is 18.2 Å². The van der Waals surface area contributed by atoms with Gasteiger partial charge in [-0.15, -0.1) is 6.42 Å². The van der Waals surface area contributed by atoms with Gasteiger partial charge in [-0.3, -0.25) is 4.90 Å². The Hall–Kier alpha value is -2.26. The molecule has 0 saturated heterocycles. The molecule has 1 unspecified atom stereocenters. The molecular formula is C19H23NO4. The maximum absolute atomic E-state index is 10.2. The topological polar surface area (TPSA) is 55.1 Å². The minimum Gasteiger partial charge on any atom is -0.496 e. The monoisotopic (exact) mass is 329 g/mol. The van der Waals surface area contributed by atoms with E-state index in [0.717, 1.165) is 17.1 Å². The fraction of sp³-hybridized carbons (Fsp3) is 0.368. The van der Waals surface area contributed by atoms with E-state index in [-0.39, 0.29) is 13.2 Å². The lowest BCUT2D eigenvalue weighted by atomic mass is 10.1. The lowest BCUT2D eigenvalue weighted by Crippen LogP contribution is -2.34. The summed E-state index contributed by atoms with van der Waals surface area (Å²) in [5.41, 5.74) is 1.04. The van der Waals surface area contributed by atoms with Crippen molar-refractivity contribution in [2.24, 2.45) is 0 Å². The van der Waals surface area contributed by atoms with E-state index >= 15 is 0 Å². The minimum absolute atomic E-state index is 0.196. The van der Waals surface area contributed by atoms with Crippen molar-refractivity contribution in [3.05, 3.63) is 54.0 Å². The van der Waals surface area contributed by atoms with Crippen molar-refractivity contribution in [3.63, 3.8) is 0 Å². The quantitative estimate of drug-likeness (QED) is 0.535. The zero-order chi connectivity index (χ0) is 17.2. The Bertz CT molecular complexity index is 633. The lowest BCUT2D eigenvalue weighted by Gasteiger charge is -2.25. The van der Waals surface area contributed by atoms with Gasteiger partial charge in [0.1, 0.15) is 18.1 Å². The van der Waals surface area contributed by atoms with Crippen molar-refractivity contribution in [1.29, 1.82) is 0 Å².